The number of nitrogens with one attached hydrogen (secondary N) is 1. The Morgan fingerprint density at radius 3 is 2.28 bits per heavy atom. The van der Waals surface area contributed by atoms with Crippen LogP contribution in [0.5, 0.6) is 11.5 Å². The molecule has 2 atom stereocenters. The topological polar surface area (TPSA) is 105 Å². The highest BCUT2D eigenvalue weighted by atomic mass is 16.5. The summed E-state index contributed by atoms with van der Waals surface area (Å²) in [5.41, 5.74) is 5.97. The zero-order valence-corrected chi connectivity index (χ0v) is 17.9. The first-order valence-corrected chi connectivity index (χ1v) is 11.0. The van der Waals surface area contributed by atoms with Crippen LogP contribution in [-0.4, -0.2) is 65.8 Å². The molecule has 2 heterocycles. The molecule has 168 valence electrons. The molecule has 4 rings (SSSR count). The molecule has 2 aromatic carbocycles. The van der Waals surface area contributed by atoms with E-state index in [9.17, 15) is 14.4 Å². The molecule has 8 nitrogen and oxygen atoms in total. The van der Waals surface area contributed by atoms with Gasteiger partial charge in [-0.1, -0.05) is 18.2 Å². The van der Waals surface area contributed by atoms with E-state index in [0.29, 0.717) is 30.0 Å². The number of amides is 3. The van der Waals surface area contributed by atoms with E-state index >= 15 is 0 Å². The van der Waals surface area contributed by atoms with Crippen molar-refractivity contribution in [2.75, 3.05) is 26.2 Å². The number of carbonyl (C=O) groups is 3. The van der Waals surface area contributed by atoms with E-state index in [1.165, 1.54) is 4.90 Å². The Morgan fingerprint density at radius 1 is 0.969 bits per heavy atom. The van der Waals surface area contributed by atoms with Gasteiger partial charge in [-0.3, -0.25) is 19.3 Å². The van der Waals surface area contributed by atoms with Crippen LogP contribution < -0.4 is 15.8 Å². The maximum absolute atomic E-state index is 12.8. The Hall–Kier alpha value is -3.39. The molecule has 2 aromatic rings. The van der Waals surface area contributed by atoms with Gasteiger partial charge in [-0.15, -0.1) is 0 Å². The lowest BCUT2D eigenvalue weighted by Gasteiger charge is -2.24. The van der Waals surface area contributed by atoms with Gasteiger partial charge in [0.15, 0.2) is 0 Å². The third-order valence-corrected chi connectivity index (χ3v) is 6.08. The van der Waals surface area contributed by atoms with Gasteiger partial charge in [0, 0.05) is 18.2 Å². The van der Waals surface area contributed by atoms with E-state index < -0.39 is 11.9 Å². The SMILES string of the molecule is NC(=O)C1CC(N2CCCC2)CN1C(=O)CNC(=O)c1ccc(Oc2ccccc2)cc1. The summed E-state index contributed by atoms with van der Waals surface area (Å²) >= 11 is 0. The number of likely N-dealkylation sites (tertiary alicyclic amines) is 2. The molecule has 8 heteroatoms. The van der Waals surface area contributed by atoms with Crippen molar-refractivity contribution in [3.8, 4) is 11.5 Å². The van der Waals surface area contributed by atoms with Crippen molar-refractivity contribution in [2.24, 2.45) is 5.73 Å². The second kappa shape index (κ2) is 9.82. The Labute approximate surface area is 187 Å². The summed E-state index contributed by atoms with van der Waals surface area (Å²) < 4.78 is 5.72. The van der Waals surface area contributed by atoms with E-state index in [-0.39, 0.29) is 24.4 Å². The number of para-hydroxylation sites is 1. The van der Waals surface area contributed by atoms with Crippen LogP contribution in [0.15, 0.2) is 54.6 Å². The number of hydrogen-bond donors (Lipinski definition) is 2. The minimum absolute atomic E-state index is 0.145. The molecule has 2 aliphatic heterocycles. The van der Waals surface area contributed by atoms with Crippen molar-refractivity contribution in [2.45, 2.75) is 31.3 Å². The lowest BCUT2D eigenvalue weighted by atomic mass is 10.1. The predicted molar refractivity (Wildman–Crippen MR) is 119 cm³/mol. The molecule has 0 bridgehead atoms. The molecule has 0 spiro atoms. The zero-order valence-electron chi connectivity index (χ0n) is 17.9. The molecule has 0 radical (unpaired) electrons. The number of nitrogens with two attached hydrogens (primary N) is 1. The van der Waals surface area contributed by atoms with Crippen LogP contribution in [0.25, 0.3) is 0 Å². The number of ether oxygens (including phenoxy) is 1. The van der Waals surface area contributed by atoms with E-state index in [4.69, 9.17) is 10.5 Å². The van der Waals surface area contributed by atoms with Crippen LogP contribution in [-0.2, 0) is 9.59 Å². The Bertz CT molecular complexity index is 958. The third-order valence-electron chi connectivity index (χ3n) is 6.08. The fourth-order valence-corrected chi connectivity index (χ4v) is 4.39. The fraction of sp³-hybridized carbons (Fsp3) is 0.375. The quantitative estimate of drug-likeness (QED) is 0.688. The third kappa shape index (κ3) is 5.08. The van der Waals surface area contributed by atoms with Crippen LogP contribution in [0.3, 0.4) is 0 Å². The van der Waals surface area contributed by atoms with E-state index in [1.807, 2.05) is 30.3 Å². The van der Waals surface area contributed by atoms with Gasteiger partial charge in [0.05, 0.1) is 6.54 Å². The highest BCUT2D eigenvalue weighted by molar-refractivity contribution is 5.97. The van der Waals surface area contributed by atoms with Gasteiger partial charge >= 0.3 is 0 Å². The van der Waals surface area contributed by atoms with Gasteiger partial charge < -0.3 is 20.7 Å². The lowest BCUT2D eigenvalue weighted by molar-refractivity contribution is -0.136. The molecule has 2 unspecified atom stereocenters. The smallest absolute Gasteiger partial charge is 0.251 e. The first-order chi connectivity index (χ1) is 15.5. The molecule has 32 heavy (non-hydrogen) atoms. The molecular formula is C24H28N4O4. The van der Waals surface area contributed by atoms with Crippen molar-refractivity contribution in [3.63, 3.8) is 0 Å². The van der Waals surface area contributed by atoms with Gasteiger partial charge in [0.1, 0.15) is 17.5 Å². The summed E-state index contributed by atoms with van der Waals surface area (Å²) in [6.07, 6.45) is 2.83. The average molecular weight is 437 g/mol. The molecule has 0 saturated carbocycles. The maximum atomic E-state index is 12.8. The molecule has 2 aliphatic rings. The van der Waals surface area contributed by atoms with Crippen molar-refractivity contribution in [1.29, 1.82) is 0 Å². The van der Waals surface area contributed by atoms with Crippen LogP contribution in [0.1, 0.15) is 29.6 Å². The van der Waals surface area contributed by atoms with Crippen molar-refractivity contribution in [3.05, 3.63) is 60.2 Å². The fourth-order valence-electron chi connectivity index (χ4n) is 4.39. The summed E-state index contributed by atoms with van der Waals surface area (Å²) in [4.78, 5) is 41.0. The summed E-state index contributed by atoms with van der Waals surface area (Å²) in [7, 11) is 0. The highest BCUT2D eigenvalue weighted by Gasteiger charge is 2.41. The molecule has 2 fully saturated rings. The summed E-state index contributed by atoms with van der Waals surface area (Å²) in [6.45, 7) is 2.25. The highest BCUT2D eigenvalue weighted by Crippen LogP contribution is 2.25. The van der Waals surface area contributed by atoms with Crippen molar-refractivity contribution >= 4 is 17.7 Å². The van der Waals surface area contributed by atoms with Crippen LogP contribution in [0, 0.1) is 0 Å². The number of carbonyl (C=O) groups excluding carboxylic acids is 3. The van der Waals surface area contributed by atoms with Gasteiger partial charge in [-0.2, -0.15) is 0 Å². The summed E-state index contributed by atoms with van der Waals surface area (Å²) in [5.74, 6) is 0.152. The average Bonchev–Trinajstić information content (AvgIpc) is 3.48. The Balaban J connectivity index is 1.31. The van der Waals surface area contributed by atoms with Crippen LogP contribution in [0.2, 0.25) is 0 Å². The Morgan fingerprint density at radius 2 is 1.62 bits per heavy atom. The van der Waals surface area contributed by atoms with Crippen molar-refractivity contribution in [1.82, 2.24) is 15.1 Å². The second-order valence-corrected chi connectivity index (χ2v) is 8.22. The Kier molecular flexibility index (Phi) is 6.70. The maximum Gasteiger partial charge on any atom is 0.251 e. The number of primary amides is 1. The number of benzene rings is 2. The van der Waals surface area contributed by atoms with E-state index in [2.05, 4.69) is 10.2 Å². The minimum Gasteiger partial charge on any atom is -0.457 e. The first kappa shape index (κ1) is 21.8. The number of nitrogens with zero attached hydrogens (tertiary/aromatic N) is 2. The minimum atomic E-state index is -0.626. The van der Waals surface area contributed by atoms with Crippen molar-refractivity contribution < 1.29 is 19.1 Å². The summed E-state index contributed by atoms with van der Waals surface area (Å²) in [6, 6.07) is 15.6. The predicted octanol–water partition coefficient (Wildman–Crippen LogP) is 1.76. The van der Waals surface area contributed by atoms with E-state index in [1.54, 1.807) is 24.3 Å². The van der Waals surface area contributed by atoms with Crippen LogP contribution in [0.4, 0.5) is 0 Å². The van der Waals surface area contributed by atoms with Crippen LogP contribution >= 0.6 is 0 Å². The first-order valence-electron chi connectivity index (χ1n) is 11.0. The zero-order chi connectivity index (χ0) is 22.5. The number of hydrogen-bond acceptors (Lipinski definition) is 5. The molecular weight excluding hydrogens is 408 g/mol. The van der Waals surface area contributed by atoms with Gasteiger partial charge in [-0.25, -0.2) is 0 Å². The monoisotopic (exact) mass is 436 g/mol. The molecule has 3 N–H and O–H groups in total. The lowest BCUT2D eigenvalue weighted by Crippen LogP contribution is -2.47. The van der Waals surface area contributed by atoms with E-state index in [0.717, 1.165) is 25.9 Å². The summed E-state index contributed by atoms with van der Waals surface area (Å²) in [5, 5.41) is 2.65. The van der Waals surface area contributed by atoms with Gasteiger partial charge in [-0.05, 0) is 68.8 Å². The standard InChI is InChI=1S/C24H28N4O4/c25-23(30)21-14-18(27-12-4-5-13-27)16-28(21)22(29)15-26-24(31)17-8-10-20(11-9-17)32-19-6-2-1-3-7-19/h1-3,6-11,18,21H,4-5,12-16H2,(H2,25,30)(H,26,31). The molecule has 0 aliphatic carbocycles. The molecule has 2 saturated heterocycles. The molecule has 3 amide bonds. The largest absolute Gasteiger partial charge is 0.457 e. The van der Waals surface area contributed by atoms with Gasteiger partial charge in [0.2, 0.25) is 11.8 Å². The van der Waals surface area contributed by atoms with Gasteiger partial charge in [0.25, 0.3) is 5.91 Å². The number of rotatable bonds is 7. The molecule has 0 aromatic heterocycles. The normalized spacial score (nSPS) is 20.8. The second-order valence-electron chi connectivity index (χ2n) is 8.22.